The van der Waals surface area contributed by atoms with Crippen LogP contribution in [0.4, 0.5) is 11.6 Å². The van der Waals surface area contributed by atoms with Crippen molar-refractivity contribution >= 4 is 45.9 Å². The maximum Gasteiger partial charge on any atom is 0.260 e. The minimum Gasteiger partial charge on any atom is -0.324 e. The van der Waals surface area contributed by atoms with Crippen molar-refractivity contribution < 1.29 is 0 Å². The highest BCUT2D eigenvalue weighted by Gasteiger charge is 2.22. The maximum atomic E-state index is 13.5. The number of aryl methyl sites for hydroxylation is 1. The number of aromatic nitrogens is 3. The lowest BCUT2D eigenvalue weighted by molar-refractivity contribution is 0.750. The fourth-order valence-electron chi connectivity index (χ4n) is 4.37. The van der Waals surface area contributed by atoms with E-state index in [1.807, 2.05) is 49.4 Å². The Hall–Kier alpha value is -2.93. The summed E-state index contributed by atoms with van der Waals surface area (Å²) in [6.45, 7) is 4.25. The van der Waals surface area contributed by atoms with Crippen molar-refractivity contribution in [2.45, 2.75) is 25.8 Å². The molecule has 3 heterocycles. The van der Waals surface area contributed by atoms with Gasteiger partial charge in [-0.15, -0.1) is 0 Å². The first-order valence-corrected chi connectivity index (χ1v) is 11.7. The van der Waals surface area contributed by atoms with Gasteiger partial charge < -0.3 is 10.6 Å². The summed E-state index contributed by atoms with van der Waals surface area (Å²) in [5, 5.41) is 8.24. The van der Waals surface area contributed by atoms with Crippen molar-refractivity contribution in [1.82, 2.24) is 19.9 Å². The van der Waals surface area contributed by atoms with Crippen molar-refractivity contribution in [3.63, 3.8) is 0 Å². The number of anilines is 2. The maximum absolute atomic E-state index is 13.5. The fourth-order valence-corrected chi connectivity index (χ4v) is 5.07. The zero-order valence-corrected chi connectivity index (χ0v) is 19.6. The van der Waals surface area contributed by atoms with Crippen molar-refractivity contribution in [1.29, 1.82) is 0 Å². The molecule has 1 aliphatic rings. The predicted octanol–water partition coefficient (Wildman–Crippen LogP) is 5.61. The number of hydrogen-bond acceptors (Lipinski definition) is 5. The second-order valence-corrected chi connectivity index (χ2v) is 8.93. The van der Waals surface area contributed by atoms with Gasteiger partial charge in [0.2, 0.25) is 5.95 Å². The third-order valence-electron chi connectivity index (χ3n) is 6.04. The molecule has 0 radical (unpaired) electrons. The van der Waals surface area contributed by atoms with E-state index in [1.54, 1.807) is 16.8 Å². The third kappa shape index (κ3) is 4.22. The van der Waals surface area contributed by atoms with Gasteiger partial charge in [0.1, 0.15) is 5.65 Å². The quantitative estimate of drug-likeness (QED) is 0.389. The minimum atomic E-state index is -0.187. The molecule has 1 fully saturated rings. The van der Waals surface area contributed by atoms with E-state index in [9.17, 15) is 4.79 Å². The molecule has 1 atom stereocenters. The van der Waals surface area contributed by atoms with E-state index in [4.69, 9.17) is 23.2 Å². The average Bonchev–Trinajstić information content (AvgIpc) is 3.35. The van der Waals surface area contributed by atoms with E-state index < -0.39 is 0 Å². The number of nitrogens with zero attached hydrogens (tertiary/aromatic N) is 3. The van der Waals surface area contributed by atoms with Gasteiger partial charge in [-0.1, -0.05) is 41.4 Å². The van der Waals surface area contributed by atoms with Gasteiger partial charge in [0, 0.05) is 35.9 Å². The number of pyridine rings is 1. The molecule has 2 N–H and O–H groups in total. The number of benzene rings is 2. The van der Waals surface area contributed by atoms with Crippen LogP contribution >= 0.6 is 23.2 Å². The van der Waals surface area contributed by atoms with E-state index in [-0.39, 0.29) is 5.56 Å². The van der Waals surface area contributed by atoms with Crippen LogP contribution in [0.25, 0.3) is 22.2 Å². The van der Waals surface area contributed by atoms with Gasteiger partial charge in [-0.05, 0) is 61.7 Å². The average molecular weight is 480 g/mol. The predicted molar refractivity (Wildman–Crippen MR) is 135 cm³/mol. The molecule has 2 aromatic heterocycles. The zero-order valence-electron chi connectivity index (χ0n) is 18.1. The summed E-state index contributed by atoms with van der Waals surface area (Å²) in [5.41, 5.74) is 3.33. The molecule has 5 rings (SSSR count). The molecule has 0 spiro atoms. The molecule has 0 bridgehead atoms. The second kappa shape index (κ2) is 9.14. The molecule has 0 amide bonds. The molecule has 1 unspecified atom stereocenters. The van der Waals surface area contributed by atoms with Crippen LogP contribution in [0.15, 0.2) is 59.5 Å². The highest BCUT2D eigenvalue weighted by atomic mass is 35.5. The Morgan fingerprint density at radius 1 is 1.15 bits per heavy atom. The van der Waals surface area contributed by atoms with Crippen LogP contribution in [0.2, 0.25) is 10.0 Å². The van der Waals surface area contributed by atoms with Gasteiger partial charge in [0.25, 0.3) is 5.56 Å². The number of halogens is 2. The Kier molecular flexibility index (Phi) is 6.06. The summed E-state index contributed by atoms with van der Waals surface area (Å²) in [6.07, 6.45) is 2.75. The Morgan fingerprint density at radius 3 is 2.58 bits per heavy atom. The third-order valence-corrected chi connectivity index (χ3v) is 6.63. The summed E-state index contributed by atoms with van der Waals surface area (Å²) in [6, 6.07) is 15.3. The van der Waals surface area contributed by atoms with Crippen molar-refractivity contribution in [2.75, 3.05) is 18.4 Å². The number of nitrogens with one attached hydrogen (secondary N) is 2. The molecule has 8 heteroatoms. The number of para-hydroxylation sites is 1. The summed E-state index contributed by atoms with van der Waals surface area (Å²) in [4.78, 5) is 22.5. The van der Waals surface area contributed by atoms with Gasteiger partial charge in [0.15, 0.2) is 0 Å². The Labute approximate surface area is 201 Å². The first-order chi connectivity index (χ1) is 16.0. The summed E-state index contributed by atoms with van der Waals surface area (Å²) in [5.74, 6) is 0.801. The molecule has 168 valence electrons. The summed E-state index contributed by atoms with van der Waals surface area (Å²) >= 11 is 13.4. The molecule has 6 nitrogen and oxygen atoms in total. The smallest absolute Gasteiger partial charge is 0.260 e. The van der Waals surface area contributed by atoms with Crippen LogP contribution in [-0.4, -0.2) is 27.6 Å². The van der Waals surface area contributed by atoms with E-state index in [0.29, 0.717) is 45.2 Å². The van der Waals surface area contributed by atoms with Crippen LogP contribution in [0.3, 0.4) is 0 Å². The number of fused-ring (bicyclic) bond motifs is 1. The van der Waals surface area contributed by atoms with Gasteiger partial charge >= 0.3 is 0 Å². The van der Waals surface area contributed by atoms with Crippen LogP contribution in [0, 0.1) is 0 Å². The second-order valence-electron chi connectivity index (χ2n) is 8.12. The SMILES string of the molecule is CCn1c(=O)c(-c2c(Cl)cc(C3CCNC3)cc2Cl)cc2cnc(Nc3ccccc3)nc21. The number of hydrogen-bond donors (Lipinski definition) is 2. The van der Waals surface area contributed by atoms with Crippen LogP contribution in [0.5, 0.6) is 0 Å². The number of rotatable bonds is 5. The van der Waals surface area contributed by atoms with Crippen LogP contribution < -0.4 is 16.2 Å². The van der Waals surface area contributed by atoms with E-state index in [1.165, 1.54) is 0 Å². The molecule has 0 aliphatic carbocycles. The van der Waals surface area contributed by atoms with Crippen molar-refractivity contribution in [3.8, 4) is 11.1 Å². The Morgan fingerprint density at radius 2 is 1.91 bits per heavy atom. The largest absolute Gasteiger partial charge is 0.324 e. The Balaban J connectivity index is 1.60. The van der Waals surface area contributed by atoms with Crippen LogP contribution in [-0.2, 0) is 6.54 Å². The molecule has 0 saturated carbocycles. The topological polar surface area (TPSA) is 71.8 Å². The molecule has 1 aliphatic heterocycles. The van der Waals surface area contributed by atoms with Gasteiger partial charge in [-0.3, -0.25) is 9.36 Å². The molecular formula is C25H23Cl2N5O. The van der Waals surface area contributed by atoms with Gasteiger partial charge in [-0.2, -0.15) is 4.98 Å². The van der Waals surface area contributed by atoms with Crippen molar-refractivity contribution in [2.24, 2.45) is 0 Å². The first kappa shape index (κ1) is 21.9. The van der Waals surface area contributed by atoms with Gasteiger partial charge in [0.05, 0.1) is 15.6 Å². The monoisotopic (exact) mass is 479 g/mol. The highest BCUT2D eigenvalue weighted by Crippen LogP contribution is 2.38. The first-order valence-electron chi connectivity index (χ1n) is 11.0. The van der Waals surface area contributed by atoms with Crippen LogP contribution in [0.1, 0.15) is 24.8 Å². The van der Waals surface area contributed by atoms with Gasteiger partial charge in [-0.25, -0.2) is 4.98 Å². The molecular weight excluding hydrogens is 457 g/mol. The van der Waals surface area contributed by atoms with E-state index >= 15 is 0 Å². The summed E-state index contributed by atoms with van der Waals surface area (Å²) in [7, 11) is 0. The normalized spacial score (nSPS) is 15.8. The fraction of sp³-hybridized carbons (Fsp3) is 0.240. The standard InChI is InChI=1S/C25H23Cl2N5O/c1-2-32-23-17(14-29-25(31-23)30-18-6-4-3-5-7-18)10-19(24(32)33)22-20(26)11-16(12-21(22)27)15-8-9-28-13-15/h3-7,10-12,14-15,28H,2,8-9,13H2,1H3,(H,29,30,31). The van der Waals surface area contributed by atoms with E-state index in [0.717, 1.165) is 36.1 Å². The molecule has 33 heavy (non-hydrogen) atoms. The minimum absolute atomic E-state index is 0.187. The molecule has 2 aromatic carbocycles. The van der Waals surface area contributed by atoms with E-state index in [2.05, 4.69) is 20.6 Å². The van der Waals surface area contributed by atoms with Crippen molar-refractivity contribution in [3.05, 3.63) is 80.7 Å². The summed E-state index contributed by atoms with van der Waals surface area (Å²) < 4.78 is 1.63. The lowest BCUT2D eigenvalue weighted by Gasteiger charge is -2.16. The Bertz CT molecular complexity index is 1360. The molecule has 1 saturated heterocycles. The lowest BCUT2D eigenvalue weighted by Crippen LogP contribution is -2.22. The zero-order chi connectivity index (χ0) is 22.9. The molecule has 4 aromatic rings. The highest BCUT2D eigenvalue weighted by molar-refractivity contribution is 6.39. The lowest BCUT2D eigenvalue weighted by atomic mass is 9.95.